The van der Waals surface area contributed by atoms with Gasteiger partial charge in [0.2, 0.25) is 0 Å². The van der Waals surface area contributed by atoms with Crippen LogP contribution in [0.15, 0.2) is 24.3 Å². The molecule has 0 aliphatic carbocycles. The molecule has 3 radical (unpaired) electrons. The Hall–Kier alpha value is -0.603. The number of nitrogens with one attached hydrogen (secondary N) is 1. The Labute approximate surface area is 110 Å². The molecule has 0 saturated carbocycles. The van der Waals surface area contributed by atoms with Crippen LogP contribution in [0.4, 0.5) is 0 Å². The standard InChI is InChI=1S/C13H19Si.C2H7N/c1-3-7-11(8-4-2)12-9-5-6-10-13(12)14;1-3-2/h5-6,9-11H,3-4,7-8H2,1-2H3;3H,1-2H3. The Morgan fingerprint density at radius 3 is 1.94 bits per heavy atom. The molecule has 0 saturated heterocycles. The normalized spacial score (nSPS) is 10.0. The Morgan fingerprint density at radius 1 is 1.06 bits per heavy atom. The fourth-order valence-electron chi connectivity index (χ4n) is 2.01. The predicted octanol–water partition coefficient (Wildman–Crippen LogP) is 3.00. The third-order valence-corrected chi connectivity index (χ3v) is 3.13. The van der Waals surface area contributed by atoms with Gasteiger partial charge in [0, 0.05) is 0 Å². The van der Waals surface area contributed by atoms with Gasteiger partial charge in [-0.15, -0.1) is 0 Å². The number of hydrogen-bond acceptors (Lipinski definition) is 1. The first-order valence-corrected chi connectivity index (χ1v) is 7.10. The van der Waals surface area contributed by atoms with Crippen LogP contribution in [-0.2, 0) is 0 Å². The van der Waals surface area contributed by atoms with Gasteiger partial charge in [-0.3, -0.25) is 0 Å². The minimum absolute atomic E-state index is 0.735. The van der Waals surface area contributed by atoms with Crippen LogP contribution in [0, 0.1) is 0 Å². The van der Waals surface area contributed by atoms with Crippen LogP contribution in [0.2, 0.25) is 0 Å². The average Bonchev–Trinajstić information content (AvgIpc) is 2.30. The third-order valence-electron chi connectivity index (χ3n) is 2.67. The van der Waals surface area contributed by atoms with Gasteiger partial charge in [-0.25, -0.2) is 0 Å². The summed E-state index contributed by atoms with van der Waals surface area (Å²) in [5.41, 5.74) is 1.48. The van der Waals surface area contributed by atoms with Crippen molar-refractivity contribution < 1.29 is 0 Å². The lowest BCUT2D eigenvalue weighted by Gasteiger charge is -2.17. The molecule has 1 rings (SSSR count). The number of rotatable bonds is 5. The van der Waals surface area contributed by atoms with Crippen LogP contribution >= 0.6 is 0 Å². The van der Waals surface area contributed by atoms with Gasteiger partial charge in [0.1, 0.15) is 0 Å². The van der Waals surface area contributed by atoms with Crippen LogP contribution in [0.25, 0.3) is 0 Å². The first-order chi connectivity index (χ1) is 8.21. The Kier molecular flexibility index (Phi) is 10.2. The van der Waals surface area contributed by atoms with Gasteiger partial charge in [0.25, 0.3) is 0 Å². The maximum Gasteiger partial charge on any atom is 0.0715 e. The van der Waals surface area contributed by atoms with E-state index in [0.717, 1.165) is 5.92 Å². The third kappa shape index (κ3) is 6.64. The lowest BCUT2D eigenvalue weighted by Crippen LogP contribution is -2.14. The average molecular weight is 248 g/mol. The molecule has 0 bridgehead atoms. The summed E-state index contributed by atoms with van der Waals surface area (Å²) in [6.07, 6.45) is 5.14. The molecule has 0 aliphatic heterocycles. The van der Waals surface area contributed by atoms with Crippen LogP contribution in [0.3, 0.4) is 0 Å². The number of hydrogen-bond donors (Lipinski definition) is 1. The lowest BCUT2D eigenvalue weighted by molar-refractivity contribution is 0.563. The van der Waals surface area contributed by atoms with Crippen LogP contribution in [-0.4, -0.2) is 24.3 Å². The molecule has 0 unspecified atom stereocenters. The molecule has 1 N–H and O–H groups in total. The van der Waals surface area contributed by atoms with Crippen LogP contribution in [0.1, 0.15) is 51.0 Å². The summed E-state index contributed by atoms with van der Waals surface area (Å²) in [5, 5.41) is 4.01. The van der Waals surface area contributed by atoms with Crippen molar-refractivity contribution in [2.75, 3.05) is 14.1 Å². The molecule has 0 aliphatic rings. The van der Waals surface area contributed by atoms with Gasteiger partial charge in [0.15, 0.2) is 0 Å². The largest absolute Gasteiger partial charge is 0.323 e. The summed E-state index contributed by atoms with van der Waals surface area (Å²) in [6.45, 7) is 4.53. The second-order valence-corrected chi connectivity index (χ2v) is 4.90. The van der Waals surface area contributed by atoms with E-state index < -0.39 is 0 Å². The summed E-state index contributed by atoms with van der Waals surface area (Å²) < 4.78 is 0. The topological polar surface area (TPSA) is 12.0 Å². The minimum Gasteiger partial charge on any atom is -0.323 e. The predicted molar refractivity (Wildman–Crippen MR) is 79.4 cm³/mol. The van der Waals surface area contributed by atoms with Crippen LogP contribution < -0.4 is 10.5 Å². The van der Waals surface area contributed by atoms with Crippen molar-refractivity contribution >= 4 is 15.4 Å². The lowest BCUT2D eigenvalue weighted by atomic mass is 9.90. The van der Waals surface area contributed by atoms with Gasteiger partial charge in [-0.05, 0) is 38.4 Å². The summed E-state index contributed by atoms with van der Waals surface area (Å²) in [4.78, 5) is 0. The summed E-state index contributed by atoms with van der Waals surface area (Å²) >= 11 is 0. The van der Waals surface area contributed by atoms with E-state index in [0.29, 0.717) is 0 Å². The molecule has 2 heteroatoms. The Morgan fingerprint density at radius 2 is 1.53 bits per heavy atom. The van der Waals surface area contributed by atoms with Crippen molar-refractivity contribution in [3.8, 4) is 0 Å². The number of benzene rings is 1. The van der Waals surface area contributed by atoms with Gasteiger partial charge in [-0.2, -0.15) is 0 Å². The first kappa shape index (κ1) is 16.4. The van der Waals surface area contributed by atoms with Gasteiger partial charge in [-0.1, -0.05) is 56.1 Å². The van der Waals surface area contributed by atoms with Crippen molar-refractivity contribution in [3.05, 3.63) is 29.8 Å². The maximum atomic E-state index is 3.69. The van der Waals surface area contributed by atoms with Crippen molar-refractivity contribution in [1.29, 1.82) is 0 Å². The Bertz CT molecular complexity index is 280. The molecule has 1 aromatic rings. The zero-order valence-electron chi connectivity index (χ0n) is 11.7. The van der Waals surface area contributed by atoms with Crippen LogP contribution in [0.5, 0.6) is 0 Å². The Balaban J connectivity index is 0.000000770. The van der Waals surface area contributed by atoms with Gasteiger partial charge >= 0.3 is 0 Å². The van der Waals surface area contributed by atoms with Gasteiger partial charge < -0.3 is 5.32 Å². The molecule has 0 spiro atoms. The van der Waals surface area contributed by atoms with E-state index in [9.17, 15) is 0 Å². The zero-order chi connectivity index (χ0) is 13.1. The van der Waals surface area contributed by atoms with E-state index in [-0.39, 0.29) is 0 Å². The van der Waals surface area contributed by atoms with Crippen molar-refractivity contribution in [3.63, 3.8) is 0 Å². The second kappa shape index (κ2) is 10.5. The highest BCUT2D eigenvalue weighted by molar-refractivity contribution is 6.33. The highest BCUT2D eigenvalue weighted by Crippen LogP contribution is 2.24. The molecule has 0 amide bonds. The molecule has 0 heterocycles. The molecular weight excluding hydrogens is 222 g/mol. The fourth-order valence-corrected chi connectivity index (χ4v) is 2.39. The van der Waals surface area contributed by atoms with Crippen molar-refractivity contribution in [1.82, 2.24) is 5.32 Å². The van der Waals surface area contributed by atoms with E-state index >= 15 is 0 Å². The second-order valence-electron chi connectivity index (χ2n) is 4.36. The first-order valence-electron chi connectivity index (χ1n) is 6.60. The van der Waals surface area contributed by atoms with E-state index in [4.69, 9.17) is 0 Å². The molecule has 0 fully saturated rings. The maximum absolute atomic E-state index is 3.69. The summed E-state index contributed by atoms with van der Waals surface area (Å²) in [6, 6.07) is 8.61. The van der Waals surface area contributed by atoms with E-state index in [2.05, 4.69) is 53.7 Å². The molecular formula is C15H26NSi. The van der Waals surface area contributed by atoms with E-state index in [1.54, 1.807) is 0 Å². The zero-order valence-corrected chi connectivity index (χ0v) is 12.7. The fraction of sp³-hybridized carbons (Fsp3) is 0.600. The molecule has 95 valence electrons. The molecule has 1 nitrogen and oxygen atoms in total. The molecule has 17 heavy (non-hydrogen) atoms. The SMILES string of the molecule is CCCC(CCC)c1ccccc1[Si].CNC. The highest BCUT2D eigenvalue weighted by Gasteiger charge is 2.10. The summed E-state index contributed by atoms with van der Waals surface area (Å²) in [5.74, 6) is 0.735. The molecule has 0 aromatic heterocycles. The van der Waals surface area contributed by atoms with E-state index in [1.165, 1.54) is 36.4 Å². The monoisotopic (exact) mass is 248 g/mol. The quantitative estimate of drug-likeness (QED) is 0.790. The van der Waals surface area contributed by atoms with Crippen molar-refractivity contribution in [2.24, 2.45) is 0 Å². The molecule has 1 aromatic carbocycles. The molecule has 0 atom stereocenters. The van der Waals surface area contributed by atoms with Gasteiger partial charge in [0.05, 0.1) is 10.2 Å². The smallest absolute Gasteiger partial charge is 0.0715 e. The van der Waals surface area contributed by atoms with E-state index in [1.807, 2.05) is 14.1 Å². The van der Waals surface area contributed by atoms with Crippen molar-refractivity contribution in [2.45, 2.75) is 45.4 Å². The minimum atomic E-state index is 0.735. The summed E-state index contributed by atoms with van der Waals surface area (Å²) in [7, 11) is 7.44. The highest BCUT2D eigenvalue weighted by atomic mass is 28.1.